The van der Waals surface area contributed by atoms with Gasteiger partial charge in [-0.15, -0.1) is 0 Å². The van der Waals surface area contributed by atoms with E-state index < -0.39 is 17.7 Å². The van der Waals surface area contributed by atoms with Crippen molar-refractivity contribution in [1.82, 2.24) is 15.6 Å². The Morgan fingerprint density at radius 3 is 2.82 bits per heavy atom. The zero-order chi connectivity index (χ0) is 20.1. The maximum atomic E-state index is 10.9. The number of fused-ring (bicyclic) bond motifs is 1. The number of aromatic nitrogens is 1. The Kier molecular flexibility index (Phi) is 5.44. The molecule has 28 heavy (non-hydrogen) atoms. The lowest BCUT2D eigenvalue weighted by Crippen LogP contribution is -2.54. The number of benzene rings is 1. The van der Waals surface area contributed by atoms with E-state index in [4.69, 9.17) is 10.00 Å². The van der Waals surface area contributed by atoms with Gasteiger partial charge < -0.3 is 15.2 Å². The second-order valence-electron chi connectivity index (χ2n) is 6.86. The predicted octanol–water partition coefficient (Wildman–Crippen LogP) is 1.74. The van der Waals surface area contributed by atoms with E-state index >= 15 is 0 Å². The molecule has 3 rings (SSSR count). The molecule has 1 aliphatic heterocycles. The van der Waals surface area contributed by atoms with Gasteiger partial charge in [0.1, 0.15) is 17.5 Å². The summed E-state index contributed by atoms with van der Waals surface area (Å²) in [6, 6.07) is 12.0. The third kappa shape index (κ3) is 4.03. The van der Waals surface area contributed by atoms with Crippen LogP contribution in [0.25, 0.3) is 0 Å². The van der Waals surface area contributed by atoms with E-state index in [2.05, 4.69) is 26.7 Å². The minimum atomic E-state index is -0.950. The lowest BCUT2D eigenvalue weighted by Gasteiger charge is -2.42. The fourth-order valence-electron chi connectivity index (χ4n) is 3.00. The van der Waals surface area contributed by atoms with Crippen LogP contribution in [-0.2, 0) is 6.54 Å². The fraction of sp³-hybridized carbons (Fsp3) is 0.300. The number of guanidine groups is 1. The third-order valence-corrected chi connectivity index (χ3v) is 4.47. The maximum Gasteiger partial charge on any atom is 0.205 e. The largest absolute Gasteiger partial charge is 0.485 e. The van der Waals surface area contributed by atoms with Crippen LogP contribution < -0.4 is 15.4 Å². The average molecular weight is 376 g/mol. The summed E-state index contributed by atoms with van der Waals surface area (Å²) in [7, 11) is 0. The highest BCUT2D eigenvalue weighted by atomic mass is 16.5. The molecule has 142 valence electrons. The Bertz CT molecular complexity index is 959. The SMILES string of the molecule is CC1(C)Oc2ccc(C#N)cc2C(NC(=NCc2ccccn2)NC#N)C1O. The van der Waals surface area contributed by atoms with Crippen LogP contribution in [0.5, 0.6) is 5.75 Å². The van der Waals surface area contributed by atoms with E-state index in [1.165, 1.54) is 0 Å². The van der Waals surface area contributed by atoms with E-state index in [-0.39, 0.29) is 12.5 Å². The first-order valence-corrected chi connectivity index (χ1v) is 8.71. The molecule has 0 radical (unpaired) electrons. The number of pyridine rings is 1. The molecule has 1 aromatic heterocycles. The van der Waals surface area contributed by atoms with Crippen molar-refractivity contribution in [3.05, 3.63) is 59.4 Å². The fourth-order valence-corrected chi connectivity index (χ4v) is 3.00. The number of nitrogens with one attached hydrogen (secondary N) is 2. The Hall–Kier alpha value is -3.62. The van der Waals surface area contributed by atoms with Crippen LogP contribution in [0.15, 0.2) is 47.6 Å². The normalized spacial score (nSPS) is 20.1. The van der Waals surface area contributed by atoms with Crippen molar-refractivity contribution < 1.29 is 9.84 Å². The number of nitrogens with zero attached hydrogens (tertiary/aromatic N) is 4. The van der Waals surface area contributed by atoms with Crippen LogP contribution in [0.4, 0.5) is 0 Å². The minimum absolute atomic E-state index is 0.197. The number of aliphatic hydroxyl groups excluding tert-OH is 1. The molecule has 0 bridgehead atoms. The summed E-state index contributed by atoms with van der Waals surface area (Å²) in [6.07, 6.45) is 2.56. The van der Waals surface area contributed by atoms with E-state index in [0.29, 0.717) is 16.9 Å². The molecule has 2 atom stereocenters. The van der Waals surface area contributed by atoms with Gasteiger partial charge >= 0.3 is 0 Å². The van der Waals surface area contributed by atoms with Crippen LogP contribution in [0.1, 0.15) is 36.7 Å². The van der Waals surface area contributed by atoms with Crippen LogP contribution in [-0.4, -0.2) is 27.8 Å². The van der Waals surface area contributed by atoms with E-state index in [1.54, 1.807) is 38.2 Å². The van der Waals surface area contributed by atoms with Crippen LogP contribution >= 0.6 is 0 Å². The van der Waals surface area contributed by atoms with Crippen LogP contribution in [0, 0.1) is 22.8 Å². The number of nitriles is 2. The van der Waals surface area contributed by atoms with Gasteiger partial charge in [0.25, 0.3) is 0 Å². The molecule has 0 saturated heterocycles. The standard InChI is InChI=1S/C20H20N6O2/c1-20(2)18(27)17(15-9-13(10-21)6-7-16(15)28-20)26-19(25-12-22)24-11-14-5-3-4-8-23-14/h3-9,17-18,27H,11H2,1-2H3,(H2,24,25,26). The Morgan fingerprint density at radius 2 is 2.14 bits per heavy atom. The van der Waals surface area contributed by atoms with Crippen molar-refractivity contribution in [1.29, 1.82) is 10.5 Å². The molecule has 0 fully saturated rings. The summed E-state index contributed by atoms with van der Waals surface area (Å²) in [6.45, 7) is 3.80. The topological polar surface area (TPSA) is 126 Å². The number of ether oxygens (including phenoxy) is 1. The van der Waals surface area contributed by atoms with E-state index in [0.717, 1.165) is 5.69 Å². The first kappa shape index (κ1) is 19.2. The van der Waals surface area contributed by atoms with Gasteiger partial charge in [-0.1, -0.05) is 6.07 Å². The van der Waals surface area contributed by atoms with Crippen molar-refractivity contribution in [2.45, 2.75) is 38.1 Å². The molecule has 1 aromatic carbocycles. The molecule has 0 aliphatic carbocycles. The lowest BCUT2D eigenvalue weighted by atomic mass is 9.86. The molecule has 2 heterocycles. The van der Waals surface area contributed by atoms with Crippen molar-refractivity contribution in [2.24, 2.45) is 4.99 Å². The lowest BCUT2D eigenvalue weighted by molar-refractivity contribution is -0.0611. The van der Waals surface area contributed by atoms with Gasteiger partial charge in [0.15, 0.2) is 6.19 Å². The molecule has 3 N–H and O–H groups in total. The highest BCUT2D eigenvalue weighted by Gasteiger charge is 2.43. The second-order valence-corrected chi connectivity index (χ2v) is 6.86. The van der Waals surface area contributed by atoms with E-state index in [9.17, 15) is 10.4 Å². The zero-order valence-electron chi connectivity index (χ0n) is 15.5. The van der Waals surface area contributed by atoms with Gasteiger partial charge in [-0.2, -0.15) is 10.5 Å². The van der Waals surface area contributed by atoms with Crippen LogP contribution in [0.2, 0.25) is 0 Å². The van der Waals surface area contributed by atoms with Crippen molar-refractivity contribution in [3.8, 4) is 18.0 Å². The van der Waals surface area contributed by atoms with Crippen molar-refractivity contribution in [2.75, 3.05) is 0 Å². The molecule has 2 aromatic rings. The summed E-state index contributed by atoms with van der Waals surface area (Å²) in [4.78, 5) is 8.57. The van der Waals surface area contributed by atoms with Crippen molar-refractivity contribution in [3.63, 3.8) is 0 Å². The second kappa shape index (κ2) is 7.95. The first-order chi connectivity index (χ1) is 13.4. The summed E-state index contributed by atoms with van der Waals surface area (Å²) < 4.78 is 5.90. The molecule has 0 amide bonds. The summed E-state index contributed by atoms with van der Waals surface area (Å²) in [5, 5.41) is 34.7. The van der Waals surface area contributed by atoms with Gasteiger partial charge in [-0.25, -0.2) is 4.99 Å². The zero-order valence-corrected chi connectivity index (χ0v) is 15.5. The summed E-state index contributed by atoms with van der Waals surface area (Å²) >= 11 is 0. The Balaban J connectivity index is 1.93. The molecule has 2 unspecified atom stereocenters. The van der Waals surface area contributed by atoms with Gasteiger partial charge in [-0.05, 0) is 44.2 Å². The highest BCUT2D eigenvalue weighted by molar-refractivity contribution is 5.82. The van der Waals surface area contributed by atoms with Crippen molar-refractivity contribution >= 4 is 5.96 Å². The molecule has 8 nitrogen and oxygen atoms in total. The molecule has 1 aliphatic rings. The summed E-state index contributed by atoms with van der Waals surface area (Å²) in [5.74, 6) is 0.760. The number of rotatable bonds is 3. The highest BCUT2D eigenvalue weighted by Crippen LogP contribution is 2.40. The van der Waals surface area contributed by atoms with Gasteiger partial charge in [0, 0.05) is 11.8 Å². The number of aliphatic imine (C=N–C) groups is 1. The summed E-state index contributed by atoms with van der Waals surface area (Å²) in [5.41, 5.74) is 0.927. The molecular weight excluding hydrogens is 356 g/mol. The quantitative estimate of drug-likeness (QED) is 0.322. The number of aliphatic hydroxyl groups is 1. The van der Waals surface area contributed by atoms with E-state index in [1.807, 2.05) is 24.4 Å². The van der Waals surface area contributed by atoms with Gasteiger partial charge in [0.2, 0.25) is 5.96 Å². The number of hydrogen-bond donors (Lipinski definition) is 3. The third-order valence-electron chi connectivity index (χ3n) is 4.47. The number of hydrogen-bond acceptors (Lipinski definition) is 6. The molecule has 8 heteroatoms. The monoisotopic (exact) mass is 376 g/mol. The maximum absolute atomic E-state index is 10.9. The van der Waals surface area contributed by atoms with Gasteiger partial charge in [0.05, 0.1) is 29.9 Å². The average Bonchev–Trinajstić information content (AvgIpc) is 2.70. The molecule has 0 spiro atoms. The smallest absolute Gasteiger partial charge is 0.205 e. The molecule has 0 saturated carbocycles. The Morgan fingerprint density at radius 1 is 1.32 bits per heavy atom. The predicted molar refractivity (Wildman–Crippen MR) is 102 cm³/mol. The van der Waals surface area contributed by atoms with Gasteiger partial charge in [-0.3, -0.25) is 10.3 Å². The minimum Gasteiger partial charge on any atom is -0.485 e. The molecular formula is C20H20N6O2. The first-order valence-electron chi connectivity index (χ1n) is 8.71. The Labute approximate surface area is 163 Å². The van der Waals surface area contributed by atoms with Crippen LogP contribution in [0.3, 0.4) is 0 Å².